The maximum atomic E-state index is 13.0. The summed E-state index contributed by atoms with van der Waals surface area (Å²) in [5.41, 5.74) is 3.68. The third-order valence-electron chi connectivity index (χ3n) is 5.04. The van der Waals surface area contributed by atoms with E-state index >= 15 is 0 Å². The summed E-state index contributed by atoms with van der Waals surface area (Å²) in [5, 5.41) is 7.46. The van der Waals surface area contributed by atoms with Crippen molar-refractivity contribution in [2.45, 2.75) is 13.3 Å². The molecule has 0 atom stereocenters. The lowest BCUT2D eigenvalue weighted by molar-refractivity contribution is -0.124. The molecule has 0 saturated carbocycles. The van der Waals surface area contributed by atoms with E-state index in [1.807, 2.05) is 55.5 Å². The van der Waals surface area contributed by atoms with E-state index in [0.29, 0.717) is 28.5 Å². The largest absolute Gasteiger partial charge is 0.348 e. The molecule has 0 fully saturated rings. The number of aryl methyl sites for hydroxylation is 1. The Bertz CT molecular complexity index is 1390. The molecule has 0 unspecified atom stereocenters. The zero-order valence-electron chi connectivity index (χ0n) is 15.9. The molecule has 4 aromatic rings. The molecule has 2 amide bonds. The van der Waals surface area contributed by atoms with Gasteiger partial charge in [-0.2, -0.15) is 4.98 Å². The van der Waals surface area contributed by atoms with Crippen LogP contribution in [-0.4, -0.2) is 22.0 Å². The first-order chi connectivity index (χ1) is 14.5. The number of amides is 2. The highest BCUT2D eigenvalue weighted by molar-refractivity contribution is 7.71. The van der Waals surface area contributed by atoms with Gasteiger partial charge in [-0.15, -0.1) is 0 Å². The third-order valence-corrected chi connectivity index (χ3v) is 5.21. The number of anilines is 3. The van der Waals surface area contributed by atoms with Crippen LogP contribution >= 0.6 is 12.2 Å². The Hall–Kier alpha value is -3.78. The first kappa shape index (κ1) is 18.3. The number of nitrogens with one attached hydrogen (secondary N) is 2. The minimum Gasteiger partial charge on any atom is -0.348 e. The van der Waals surface area contributed by atoms with Gasteiger partial charge >= 0.3 is 4.84 Å². The molecule has 0 aliphatic carbocycles. The zero-order chi connectivity index (χ0) is 20.8. The number of hydrogen-bond donors (Lipinski definition) is 2. The van der Waals surface area contributed by atoms with Crippen molar-refractivity contribution in [1.29, 1.82) is 0 Å². The van der Waals surface area contributed by atoms with Crippen LogP contribution in [0.2, 0.25) is 0 Å². The molecular formula is C22H16N4O3S. The van der Waals surface area contributed by atoms with E-state index in [9.17, 15) is 9.59 Å². The van der Waals surface area contributed by atoms with Crippen LogP contribution in [0.1, 0.15) is 12.0 Å². The molecule has 5 rings (SSSR count). The van der Waals surface area contributed by atoms with Crippen molar-refractivity contribution >= 4 is 51.9 Å². The van der Waals surface area contributed by atoms with Crippen molar-refractivity contribution in [2.75, 3.05) is 10.2 Å². The van der Waals surface area contributed by atoms with Crippen LogP contribution in [0.5, 0.6) is 0 Å². The number of hydrogen-bond acceptors (Lipinski definition) is 5. The number of H-pyrrole nitrogens is 1. The smallest absolute Gasteiger partial charge is 0.314 e. The number of rotatable bonds is 2. The van der Waals surface area contributed by atoms with Crippen molar-refractivity contribution in [3.63, 3.8) is 0 Å². The Morgan fingerprint density at radius 3 is 2.77 bits per heavy atom. The van der Waals surface area contributed by atoms with Crippen LogP contribution in [0.25, 0.3) is 22.2 Å². The SMILES string of the molecule is Cc1ccc2c3c(ccc2c1)N(c1cccc(-c2nc(=S)o[nH]2)c1)C(=O)CC(=O)N3. The molecule has 0 spiro atoms. The Morgan fingerprint density at radius 1 is 1.10 bits per heavy atom. The third kappa shape index (κ3) is 3.07. The summed E-state index contributed by atoms with van der Waals surface area (Å²) in [6.07, 6.45) is -0.251. The Morgan fingerprint density at radius 2 is 1.97 bits per heavy atom. The maximum Gasteiger partial charge on any atom is 0.314 e. The predicted molar refractivity (Wildman–Crippen MR) is 116 cm³/mol. The molecule has 148 valence electrons. The lowest BCUT2D eigenvalue weighted by Gasteiger charge is -2.23. The van der Waals surface area contributed by atoms with Gasteiger partial charge in [-0.05, 0) is 42.7 Å². The standard InChI is InChI=1S/C22H16N4O3S/c1-12-5-7-16-13(9-12)6-8-17-20(16)23-18(27)11-19(28)26(17)15-4-2-3-14(10-15)21-24-22(30)29-25-21/h2-10H,11H2,1H3,(H,23,27)(H,24,25,30). The van der Waals surface area contributed by atoms with Gasteiger partial charge in [-0.25, -0.2) is 5.16 Å². The lowest BCUT2D eigenvalue weighted by atomic mass is 10.0. The number of carbonyl (C=O) groups excluding carboxylic acids is 2. The summed E-state index contributed by atoms with van der Waals surface area (Å²) in [6.45, 7) is 2.01. The minimum absolute atomic E-state index is 0.100. The normalized spacial score (nSPS) is 13.8. The van der Waals surface area contributed by atoms with Crippen LogP contribution in [0.3, 0.4) is 0 Å². The molecule has 1 aliphatic rings. The van der Waals surface area contributed by atoms with E-state index in [1.54, 1.807) is 11.0 Å². The lowest BCUT2D eigenvalue weighted by Crippen LogP contribution is -2.26. The second-order valence-electron chi connectivity index (χ2n) is 7.12. The Labute approximate surface area is 176 Å². The first-order valence-electron chi connectivity index (χ1n) is 9.32. The second-order valence-corrected chi connectivity index (χ2v) is 7.47. The van der Waals surface area contributed by atoms with Gasteiger partial charge in [0.15, 0.2) is 5.82 Å². The van der Waals surface area contributed by atoms with Crippen molar-refractivity contribution < 1.29 is 14.1 Å². The van der Waals surface area contributed by atoms with Gasteiger partial charge in [0, 0.05) is 16.6 Å². The second kappa shape index (κ2) is 6.93. The van der Waals surface area contributed by atoms with Crippen LogP contribution in [0, 0.1) is 11.8 Å². The van der Waals surface area contributed by atoms with E-state index in [1.165, 1.54) is 0 Å². The monoisotopic (exact) mass is 416 g/mol. The maximum absolute atomic E-state index is 13.0. The zero-order valence-corrected chi connectivity index (χ0v) is 16.7. The number of fused-ring (bicyclic) bond motifs is 3. The van der Waals surface area contributed by atoms with Crippen LogP contribution < -0.4 is 10.2 Å². The molecule has 3 aromatic carbocycles. The predicted octanol–water partition coefficient (Wildman–Crippen LogP) is 4.87. The van der Waals surface area contributed by atoms with Crippen LogP contribution in [-0.2, 0) is 9.59 Å². The summed E-state index contributed by atoms with van der Waals surface area (Å²) < 4.78 is 5.02. The summed E-state index contributed by atoms with van der Waals surface area (Å²) in [5.74, 6) is -0.191. The number of aromatic nitrogens is 2. The molecule has 8 heteroatoms. The first-order valence-corrected chi connectivity index (χ1v) is 9.72. The number of carbonyl (C=O) groups is 2. The van der Waals surface area contributed by atoms with Gasteiger partial charge in [0.2, 0.25) is 11.8 Å². The van der Waals surface area contributed by atoms with Gasteiger partial charge in [0.05, 0.1) is 11.4 Å². The van der Waals surface area contributed by atoms with Crippen molar-refractivity contribution in [1.82, 2.24) is 10.1 Å². The average Bonchev–Trinajstić information content (AvgIpc) is 3.10. The fraction of sp³-hybridized carbons (Fsp3) is 0.0909. The van der Waals surface area contributed by atoms with Crippen LogP contribution in [0.4, 0.5) is 17.1 Å². The molecule has 1 aromatic heterocycles. The van der Waals surface area contributed by atoms with E-state index < -0.39 is 0 Å². The number of nitrogens with zero attached hydrogens (tertiary/aromatic N) is 2. The molecule has 1 aliphatic heterocycles. The van der Waals surface area contributed by atoms with Gasteiger partial charge < -0.3 is 9.84 Å². The Kier molecular flexibility index (Phi) is 4.22. The molecule has 2 heterocycles. The highest BCUT2D eigenvalue weighted by Gasteiger charge is 2.29. The quantitative estimate of drug-likeness (QED) is 0.359. The van der Waals surface area contributed by atoms with Gasteiger partial charge in [0.1, 0.15) is 6.42 Å². The van der Waals surface area contributed by atoms with E-state index in [2.05, 4.69) is 15.5 Å². The van der Waals surface area contributed by atoms with E-state index in [4.69, 9.17) is 16.7 Å². The van der Waals surface area contributed by atoms with Crippen molar-refractivity contribution in [3.05, 3.63) is 65.0 Å². The average molecular weight is 416 g/mol. The van der Waals surface area contributed by atoms with Gasteiger partial charge in [-0.3, -0.25) is 14.5 Å². The van der Waals surface area contributed by atoms with Crippen LogP contribution in [0.15, 0.2) is 59.1 Å². The highest BCUT2D eigenvalue weighted by Crippen LogP contribution is 2.40. The molecule has 0 radical (unpaired) electrons. The molecular weight excluding hydrogens is 400 g/mol. The highest BCUT2D eigenvalue weighted by atomic mass is 32.1. The summed E-state index contributed by atoms with van der Waals surface area (Å²) in [6, 6.07) is 17.1. The molecule has 2 N–H and O–H groups in total. The van der Waals surface area contributed by atoms with Gasteiger partial charge in [-0.1, -0.05) is 42.0 Å². The molecule has 0 bridgehead atoms. The fourth-order valence-electron chi connectivity index (χ4n) is 3.72. The van der Waals surface area contributed by atoms with Crippen molar-refractivity contribution in [2.24, 2.45) is 0 Å². The summed E-state index contributed by atoms with van der Waals surface area (Å²) >= 11 is 4.93. The summed E-state index contributed by atoms with van der Waals surface area (Å²) in [4.78, 5) is 31.3. The minimum atomic E-state index is -0.339. The van der Waals surface area contributed by atoms with E-state index in [0.717, 1.165) is 16.3 Å². The number of benzene rings is 3. The van der Waals surface area contributed by atoms with Crippen molar-refractivity contribution in [3.8, 4) is 11.4 Å². The summed E-state index contributed by atoms with van der Waals surface area (Å²) in [7, 11) is 0. The molecule has 0 saturated heterocycles. The van der Waals surface area contributed by atoms with E-state index in [-0.39, 0.29) is 23.1 Å². The topological polar surface area (TPSA) is 91.2 Å². The number of aromatic amines is 1. The Balaban J connectivity index is 1.71. The molecule has 30 heavy (non-hydrogen) atoms. The fourth-order valence-corrected chi connectivity index (χ4v) is 3.85. The molecule has 7 nitrogen and oxygen atoms in total. The van der Waals surface area contributed by atoms with Gasteiger partial charge in [0.25, 0.3) is 0 Å².